The number of ether oxygens (including phenoxy) is 1. The number of anilines is 1. The maximum absolute atomic E-state index is 12.4. The van der Waals surface area contributed by atoms with E-state index in [2.05, 4.69) is 20.5 Å². The van der Waals surface area contributed by atoms with Crippen LogP contribution in [0.1, 0.15) is 32.1 Å². The second-order valence-corrected chi connectivity index (χ2v) is 5.23. The van der Waals surface area contributed by atoms with Crippen LogP contribution in [-0.4, -0.2) is 34.2 Å². The van der Waals surface area contributed by atoms with E-state index in [1.54, 1.807) is 24.4 Å². The Kier molecular flexibility index (Phi) is 3.61. The molecule has 7 heteroatoms. The number of benzene rings is 1. The fraction of sp³-hybridized carbons (Fsp3) is 0.188. The second kappa shape index (κ2) is 5.60. The first-order valence-corrected chi connectivity index (χ1v) is 7.03. The fourth-order valence-corrected chi connectivity index (χ4v) is 2.41. The van der Waals surface area contributed by atoms with Gasteiger partial charge in [0.1, 0.15) is 0 Å². The maximum atomic E-state index is 12.4. The standard InChI is InChI=1S/C16H16N4O3/c1-8-9(2)19-20-14(8)15(21)18-10-6-12(16(22)23-3)11-4-5-17-13(11)7-10/h4-7,17H,1-3H3,(H,18,21)(H,19,20). The number of esters is 1. The van der Waals surface area contributed by atoms with Gasteiger partial charge < -0.3 is 15.0 Å². The lowest BCUT2D eigenvalue weighted by Gasteiger charge is -2.08. The first-order chi connectivity index (χ1) is 11.0. The monoisotopic (exact) mass is 312 g/mol. The summed E-state index contributed by atoms with van der Waals surface area (Å²) in [6.07, 6.45) is 1.73. The third kappa shape index (κ3) is 2.57. The lowest BCUT2D eigenvalue weighted by atomic mass is 10.1. The van der Waals surface area contributed by atoms with Crippen molar-refractivity contribution < 1.29 is 14.3 Å². The minimum absolute atomic E-state index is 0.328. The van der Waals surface area contributed by atoms with E-state index in [0.29, 0.717) is 16.9 Å². The van der Waals surface area contributed by atoms with Crippen molar-refractivity contribution in [2.24, 2.45) is 0 Å². The molecule has 0 saturated carbocycles. The molecule has 1 aromatic carbocycles. The van der Waals surface area contributed by atoms with Gasteiger partial charge in [0.05, 0.1) is 12.7 Å². The van der Waals surface area contributed by atoms with Crippen LogP contribution in [0.15, 0.2) is 24.4 Å². The van der Waals surface area contributed by atoms with E-state index in [0.717, 1.165) is 22.2 Å². The maximum Gasteiger partial charge on any atom is 0.338 e. The van der Waals surface area contributed by atoms with Gasteiger partial charge in [-0.05, 0) is 32.0 Å². The molecule has 7 nitrogen and oxygen atoms in total. The summed E-state index contributed by atoms with van der Waals surface area (Å²) in [5.41, 5.74) is 3.57. The summed E-state index contributed by atoms with van der Waals surface area (Å²) < 4.78 is 4.80. The summed E-state index contributed by atoms with van der Waals surface area (Å²) in [7, 11) is 1.32. The smallest absolute Gasteiger partial charge is 0.338 e. The van der Waals surface area contributed by atoms with Crippen molar-refractivity contribution in [1.82, 2.24) is 15.2 Å². The highest BCUT2D eigenvalue weighted by atomic mass is 16.5. The average Bonchev–Trinajstić information content (AvgIpc) is 3.13. The number of carbonyl (C=O) groups is 2. The Morgan fingerprint density at radius 1 is 1.26 bits per heavy atom. The number of H-pyrrole nitrogens is 2. The Morgan fingerprint density at radius 3 is 2.70 bits per heavy atom. The normalized spacial score (nSPS) is 10.7. The van der Waals surface area contributed by atoms with Crippen LogP contribution in [0.2, 0.25) is 0 Å². The van der Waals surface area contributed by atoms with Gasteiger partial charge in [-0.2, -0.15) is 5.10 Å². The molecule has 3 aromatic rings. The third-order valence-corrected chi connectivity index (χ3v) is 3.80. The van der Waals surface area contributed by atoms with Crippen LogP contribution >= 0.6 is 0 Å². The number of rotatable bonds is 3. The molecule has 118 valence electrons. The predicted octanol–water partition coefficient (Wildman–Crippen LogP) is 2.55. The van der Waals surface area contributed by atoms with Gasteiger partial charge in [-0.1, -0.05) is 0 Å². The highest BCUT2D eigenvalue weighted by Gasteiger charge is 2.17. The topological polar surface area (TPSA) is 99.9 Å². The van der Waals surface area contributed by atoms with Gasteiger partial charge in [0, 0.05) is 34.0 Å². The Labute approximate surface area is 132 Å². The van der Waals surface area contributed by atoms with E-state index in [1.165, 1.54) is 7.11 Å². The lowest BCUT2D eigenvalue weighted by molar-refractivity contribution is 0.0603. The van der Waals surface area contributed by atoms with E-state index >= 15 is 0 Å². The second-order valence-electron chi connectivity index (χ2n) is 5.23. The molecule has 0 radical (unpaired) electrons. The van der Waals surface area contributed by atoms with Gasteiger partial charge in [-0.25, -0.2) is 4.79 Å². The first-order valence-electron chi connectivity index (χ1n) is 7.03. The van der Waals surface area contributed by atoms with E-state index < -0.39 is 5.97 Å². The summed E-state index contributed by atoms with van der Waals surface area (Å²) in [6, 6.07) is 5.14. The Bertz CT molecular complexity index is 907. The van der Waals surface area contributed by atoms with Crippen molar-refractivity contribution in [3.63, 3.8) is 0 Å². The van der Waals surface area contributed by atoms with Crippen molar-refractivity contribution >= 4 is 28.5 Å². The van der Waals surface area contributed by atoms with Gasteiger partial charge in [-0.3, -0.25) is 9.89 Å². The average molecular weight is 312 g/mol. The zero-order valence-corrected chi connectivity index (χ0v) is 13.0. The quantitative estimate of drug-likeness (QED) is 0.647. The molecule has 0 bridgehead atoms. The number of hydrogen-bond acceptors (Lipinski definition) is 4. The van der Waals surface area contributed by atoms with E-state index in [9.17, 15) is 9.59 Å². The van der Waals surface area contributed by atoms with Gasteiger partial charge in [0.15, 0.2) is 5.69 Å². The summed E-state index contributed by atoms with van der Waals surface area (Å²) in [4.78, 5) is 27.3. The Morgan fingerprint density at radius 2 is 2.04 bits per heavy atom. The van der Waals surface area contributed by atoms with Crippen molar-refractivity contribution in [2.45, 2.75) is 13.8 Å². The number of amides is 1. The molecule has 3 rings (SSSR count). The molecule has 0 unspecified atom stereocenters. The number of fused-ring (bicyclic) bond motifs is 1. The summed E-state index contributed by atoms with van der Waals surface area (Å²) >= 11 is 0. The molecule has 0 atom stereocenters. The first kappa shape index (κ1) is 14.8. The molecular formula is C16H16N4O3. The summed E-state index contributed by atoms with van der Waals surface area (Å²) in [5, 5.41) is 10.3. The highest BCUT2D eigenvalue weighted by Crippen LogP contribution is 2.24. The van der Waals surface area contributed by atoms with E-state index in [4.69, 9.17) is 4.74 Å². The van der Waals surface area contributed by atoms with Crippen LogP contribution in [0.3, 0.4) is 0 Å². The van der Waals surface area contributed by atoms with Crippen LogP contribution in [-0.2, 0) is 4.74 Å². The van der Waals surface area contributed by atoms with Crippen LogP contribution in [0.4, 0.5) is 5.69 Å². The van der Waals surface area contributed by atoms with Crippen LogP contribution in [0, 0.1) is 13.8 Å². The van der Waals surface area contributed by atoms with Crippen molar-refractivity contribution in [2.75, 3.05) is 12.4 Å². The number of nitrogens with zero attached hydrogens (tertiary/aromatic N) is 1. The highest BCUT2D eigenvalue weighted by molar-refractivity contribution is 6.09. The molecule has 0 saturated heterocycles. The van der Waals surface area contributed by atoms with Crippen molar-refractivity contribution in [1.29, 1.82) is 0 Å². The molecule has 23 heavy (non-hydrogen) atoms. The molecule has 0 fully saturated rings. The fourth-order valence-electron chi connectivity index (χ4n) is 2.41. The molecule has 0 aliphatic carbocycles. The molecule has 3 N–H and O–H groups in total. The molecule has 0 aliphatic rings. The zero-order chi connectivity index (χ0) is 16.6. The lowest BCUT2D eigenvalue weighted by Crippen LogP contribution is -2.14. The number of hydrogen-bond donors (Lipinski definition) is 3. The molecule has 0 spiro atoms. The van der Waals surface area contributed by atoms with Gasteiger partial charge in [0.2, 0.25) is 0 Å². The van der Waals surface area contributed by atoms with Crippen LogP contribution < -0.4 is 5.32 Å². The molecule has 1 amide bonds. The minimum Gasteiger partial charge on any atom is -0.465 e. The van der Waals surface area contributed by atoms with E-state index in [-0.39, 0.29) is 5.91 Å². The molecular weight excluding hydrogens is 296 g/mol. The predicted molar refractivity (Wildman–Crippen MR) is 85.7 cm³/mol. The van der Waals surface area contributed by atoms with Gasteiger partial charge in [-0.15, -0.1) is 0 Å². The minimum atomic E-state index is -0.461. The number of nitrogens with one attached hydrogen (secondary N) is 3. The number of aromatic nitrogens is 3. The number of carbonyl (C=O) groups excluding carboxylic acids is 2. The largest absolute Gasteiger partial charge is 0.465 e. The van der Waals surface area contributed by atoms with Crippen molar-refractivity contribution in [3.05, 3.63) is 46.9 Å². The Balaban J connectivity index is 1.98. The number of aryl methyl sites for hydroxylation is 1. The molecule has 0 aliphatic heterocycles. The van der Waals surface area contributed by atoms with Crippen LogP contribution in [0.5, 0.6) is 0 Å². The summed E-state index contributed by atoms with van der Waals surface area (Å²) in [5.74, 6) is -0.800. The Hall–Kier alpha value is -3.09. The molecule has 2 aromatic heterocycles. The van der Waals surface area contributed by atoms with Gasteiger partial charge in [0.25, 0.3) is 5.91 Å². The SMILES string of the molecule is COC(=O)c1cc(NC(=O)c2n[nH]c(C)c2C)cc2[nH]ccc12. The van der Waals surface area contributed by atoms with Gasteiger partial charge >= 0.3 is 5.97 Å². The molecule has 2 heterocycles. The number of methoxy groups -OCH3 is 1. The third-order valence-electron chi connectivity index (χ3n) is 3.80. The van der Waals surface area contributed by atoms with Crippen LogP contribution in [0.25, 0.3) is 10.9 Å². The van der Waals surface area contributed by atoms with Crippen molar-refractivity contribution in [3.8, 4) is 0 Å². The van der Waals surface area contributed by atoms with E-state index in [1.807, 2.05) is 13.8 Å². The zero-order valence-electron chi connectivity index (χ0n) is 13.0. The summed E-state index contributed by atoms with van der Waals surface area (Å²) in [6.45, 7) is 3.67. The number of aromatic amines is 2.